The first kappa shape index (κ1) is 45.1. The highest BCUT2D eigenvalue weighted by Crippen LogP contribution is 2.68. The summed E-state index contributed by atoms with van der Waals surface area (Å²) in [6, 6.07) is 10.8. The summed E-state index contributed by atoms with van der Waals surface area (Å²) in [4.78, 5) is 69.4. The predicted molar refractivity (Wildman–Crippen MR) is 245 cm³/mol. The van der Waals surface area contributed by atoms with E-state index < -0.39 is 57.4 Å². The van der Waals surface area contributed by atoms with E-state index in [-0.39, 0.29) is 18.0 Å². The maximum absolute atomic E-state index is 15.6. The van der Waals surface area contributed by atoms with E-state index in [4.69, 9.17) is 18.9 Å². The largest absolute Gasteiger partial charge is 0.496 e. The fourth-order valence-electron chi connectivity index (χ4n) is 14.5. The molecule has 1 saturated carbocycles. The first-order valence-corrected chi connectivity index (χ1v) is 23.4. The first-order valence-electron chi connectivity index (χ1n) is 23.4. The van der Waals surface area contributed by atoms with Crippen LogP contribution in [-0.4, -0.2) is 153 Å². The fraction of sp³-hybridized carbons (Fsp3) is 0.600. The third-order valence-electron chi connectivity index (χ3n) is 16.9. The lowest BCUT2D eigenvalue weighted by atomic mass is 9.47. The minimum absolute atomic E-state index is 0.0923. The smallest absolute Gasteiger partial charge is 0.344 e. The molecule has 9 rings (SSSR count). The van der Waals surface area contributed by atoms with Gasteiger partial charge in [0.1, 0.15) is 11.2 Å². The normalized spacial score (nSPS) is 34.5. The number of aromatic nitrogens is 1. The molecule has 0 radical (unpaired) electrons. The van der Waals surface area contributed by atoms with E-state index in [0.29, 0.717) is 89.1 Å². The summed E-state index contributed by atoms with van der Waals surface area (Å²) in [7, 11) is 8.07. The molecule has 1 aromatic heterocycles. The van der Waals surface area contributed by atoms with Gasteiger partial charge in [-0.25, -0.2) is 9.59 Å². The van der Waals surface area contributed by atoms with Crippen molar-refractivity contribution in [3.05, 3.63) is 70.9 Å². The number of nitrogens with one attached hydrogen (secondary N) is 2. The Morgan fingerprint density at radius 1 is 0.969 bits per heavy atom. The number of urea groups is 1. The average molecular weight is 895 g/mol. The molecule has 3 fully saturated rings. The van der Waals surface area contributed by atoms with Crippen LogP contribution in [-0.2, 0) is 45.8 Å². The number of aliphatic hydroxyl groups is 1. The number of likely N-dealkylation sites (N-methyl/N-ethyl adjacent to an activating group) is 2. The lowest BCUT2D eigenvalue weighted by molar-refractivity contribution is -0.228. The Bertz CT molecular complexity index is 2450. The van der Waals surface area contributed by atoms with Crippen molar-refractivity contribution in [2.45, 2.75) is 106 Å². The second-order valence-corrected chi connectivity index (χ2v) is 19.6. The van der Waals surface area contributed by atoms with Gasteiger partial charge in [-0.3, -0.25) is 14.5 Å². The maximum Gasteiger partial charge on any atom is 0.344 e. The van der Waals surface area contributed by atoms with Crippen LogP contribution in [0.3, 0.4) is 0 Å². The third-order valence-corrected chi connectivity index (χ3v) is 16.9. The van der Waals surface area contributed by atoms with Gasteiger partial charge in [-0.2, -0.15) is 0 Å². The zero-order chi connectivity index (χ0) is 46.4. The fourth-order valence-corrected chi connectivity index (χ4v) is 14.5. The summed E-state index contributed by atoms with van der Waals surface area (Å²) in [5, 5.41) is 17.5. The Hall–Kier alpha value is -5.12. The molecule has 2 amide bonds. The van der Waals surface area contributed by atoms with Gasteiger partial charge in [0.05, 0.1) is 32.9 Å². The zero-order valence-corrected chi connectivity index (χ0v) is 39.4. The van der Waals surface area contributed by atoms with Gasteiger partial charge in [0.2, 0.25) is 5.60 Å². The van der Waals surface area contributed by atoms with Crippen LogP contribution in [0.15, 0.2) is 48.6 Å². The molecule has 350 valence electrons. The zero-order valence-electron chi connectivity index (χ0n) is 39.4. The molecule has 1 unspecified atom stereocenters. The number of benzene rings is 2. The highest BCUT2D eigenvalue weighted by Gasteiger charge is 2.80. The molecule has 2 aromatic carbocycles. The summed E-state index contributed by atoms with van der Waals surface area (Å²) in [5.41, 5.74) is -1.34. The van der Waals surface area contributed by atoms with Crippen LogP contribution in [0, 0.1) is 11.3 Å². The molecule has 2 bridgehead atoms. The number of H-pyrrole nitrogens is 1. The number of para-hydroxylation sites is 1. The number of carbonyl (C=O) groups excluding carboxylic acids is 4. The molecule has 6 heterocycles. The van der Waals surface area contributed by atoms with Gasteiger partial charge in [0.25, 0.3) is 0 Å². The molecule has 15 nitrogen and oxygen atoms in total. The summed E-state index contributed by atoms with van der Waals surface area (Å²) in [5.74, 6) is -1.57. The van der Waals surface area contributed by atoms with Gasteiger partial charge < -0.3 is 49.1 Å². The minimum Gasteiger partial charge on any atom is -0.496 e. The van der Waals surface area contributed by atoms with Crippen LogP contribution >= 0.6 is 0 Å². The number of amides is 2. The number of ether oxygens (including phenoxy) is 4. The SMILES string of the molecule is CCNC(=O)N(C)[C@@]1(CC)C[C@H]2CN(CCc3c([nH]c4ccccc34)[C@@](C(=O)OC)(c3cc4c(cc3OC)N(C)[C@H]3[C@@](O)(C(=O)OC)[C@H](OC(C)=O)[C@]5(CC)C=CCN6CC[C@]43[C@@H]65)C2)C1. The number of fused-ring (bicyclic) bond motifs is 6. The third kappa shape index (κ3) is 6.02. The topological polar surface area (TPSA) is 166 Å². The van der Waals surface area contributed by atoms with E-state index in [2.05, 4.69) is 51.3 Å². The van der Waals surface area contributed by atoms with Crippen LogP contribution in [0.4, 0.5) is 10.5 Å². The van der Waals surface area contributed by atoms with Crippen LogP contribution in [0.1, 0.15) is 82.2 Å². The number of hydrogen-bond donors (Lipinski definition) is 3. The number of methoxy groups -OCH3 is 3. The van der Waals surface area contributed by atoms with Crippen molar-refractivity contribution < 1.29 is 43.2 Å². The summed E-state index contributed by atoms with van der Waals surface area (Å²) in [6.45, 7) is 11.3. The molecule has 10 atom stereocenters. The Morgan fingerprint density at radius 2 is 1.72 bits per heavy atom. The molecule has 1 aliphatic carbocycles. The Labute approximate surface area is 381 Å². The van der Waals surface area contributed by atoms with Gasteiger partial charge in [-0.05, 0) is 81.2 Å². The Morgan fingerprint density at radius 3 is 2.40 bits per heavy atom. The number of anilines is 1. The molecule has 3 N–H and O–H groups in total. The number of esters is 3. The highest BCUT2D eigenvalue weighted by molar-refractivity contribution is 5.95. The minimum atomic E-state index is -2.32. The lowest BCUT2D eigenvalue weighted by Crippen LogP contribution is -2.81. The van der Waals surface area contributed by atoms with Crippen molar-refractivity contribution in [1.82, 2.24) is 25.0 Å². The molecular formula is C50H66N6O9. The summed E-state index contributed by atoms with van der Waals surface area (Å²) in [6.07, 6.45) is 6.17. The van der Waals surface area contributed by atoms with E-state index >= 15 is 4.79 Å². The van der Waals surface area contributed by atoms with E-state index in [1.165, 1.54) is 21.1 Å². The average Bonchev–Trinajstić information content (AvgIpc) is 3.97. The molecular weight excluding hydrogens is 829 g/mol. The van der Waals surface area contributed by atoms with Crippen molar-refractivity contribution in [3.8, 4) is 5.75 Å². The molecule has 1 spiro atoms. The molecule has 6 aliphatic rings. The Kier molecular flexibility index (Phi) is 11.1. The number of carbonyl (C=O) groups is 4. The second-order valence-electron chi connectivity index (χ2n) is 19.6. The molecule has 2 saturated heterocycles. The van der Waals surface area contributed by atoms with E-state index in [1.54, 1.807) is 7.11 Å². The van der Waals surface area contributed by atoms with Crippen molar-refractivity contribution in [1.29, 1.82) is 0 Å². The lowest BCUT2D eigenvalue weighted by Gasteiger charge is -2.63. The molecule has 65 heavy (non-hydrogen) atoms. The molecule has 5 aliphatic heterocycles. The second kappa shape index (κ2) is 16.0. The van der Waals surface area contributed by atoms with Crippen molar-refractivity contribution in [3.63, 3.8) is 0 Å². The molecule has 15 heteroatoms. The number of aromatic amines is 1. The van der Waals surface area contributed by atoms with Crippen molar-refractivity contribution in [2.24, 2.45) is 11.3 Å². The van der Waals surface area contributed by atoms with Gasteiger partial charge >= 0.3 is 23.9 Å². The standard InChI is InChI=1S/C50H66N6O9/c1-10-46(54(6)45(60)51-12-3)26-31-27-49(43(58)63-8,39-33(18-22-55(28-31)29-46)32-16-13-14-17-36(32)52-39)35-24-34-37(25-38(35)62-7)53(5)41-48(34)20-23-56-21-15-19-47(11-2,40(48)56)42(65-30(4)57)50(41,61)44(59)64-9/h13-17,19,24-25,31,40-42,52,61H,10-12,18,20-23,26-29H2,1-9H3,(H,51,60)/t31-,40+,41-,42-,46+,47-,48-,49+,50+/m1/s1. The van der Waals surface area contributed by atoms with Crippen molar-refractivity contribution >= 4 is 40.5 Å². The number of piperidine rings is 1. The van der Waals surface area contributed by atoms with Crippen molar-refractivity contribution in [2.75, 3.05) is 79.6 Å². The van der Waals surface area contributed by atoms with E-state index in [0.717, 1.165) is 33.4 Å². The summed E-state index contributed by atoms with van der Waals surface area (Å²) >= 11 is 0. The number of rotatable bonds is 9. The number of hydrogen-bond acceptors (Lipinski definition) is 12. The Balaban J connectivity index is 1.34. The first-order chi connectivity index (χ1) is 31.1. The summed E-state index contributed by atoms with van der Waals surface area (Å²) < 4.78 is 24.2. The van der Waals surface area contributed by atoms with Gasteiger partial charge in [-0.15, -0.1) is 0 Å². The maximum atomic E-state index is 15.6. The van der Waals surface area contributed by atoms with Gasteiger partial charge in [-0.1, -0.05) is 44.2 Å². The van der Waals surface area contributed by atoms with E-state index in [1.807, 2.05) is 62.0 Å². The number of nitrogens with zero attached hydrogens (tertiary/aromatic N) is 4. The van der Waals surface area contributed by atoms with Gasteiger partial charge in [0.15, 0.2) is 6.10 Å². The van der Waals surface area contributed by atoms with E-state index in [9.17, 15) is 19.5 Å². The van der Waals surface area contributed by atoms with Crippen LogP contribution in [0.5, 0.6) is 5.75 Å². The molecule has 3 aromatic rings. The van der Waals surface area contributed by atoms with Crippen LogP contribution in [0.25, 0.3) is 10.9 Å². The monoisotopic (exact) mass is 894 g/mol. The quantitative estimate of drug-likeness (QED) is 0.155. The highest BCUT2D eigenvalue weighted by atomic mass is 16.6. The predicted octanol–water partition coefficient (Wildman–Crippen LogP) is 4.66. The van der Waals surface area contributed by atoms with Gasteiger partial charge in [0, 0.05) is 105 Å². The van der Waals surface area contributed by atoms with Crippen LogP contribution < -0.4 is 15.0 Å². The van der Waals surface area contributed by atoms with Crippen LogP contribution in [0.2, 0.25) is 0 Å².